The van der Waals surface area contributed by atoms with Gasteiger partial charge in [-0.15, -0.1) is 0 Å². The van der Waals surface area contributed by atoms with Gasteiger partial charge in [-0.3, -0.25) is 4.79 Å². The van der Waals surface area contributed by atoms with Gasteiger partial charge in [0.05, 0.1) is 22.0 Å². The van der Waals surface area contributed by atoms with E-state index in [0.717, 1.165) is 11.0 Å². The van der Waals surface area contributed by atoms with E-state index in [9.17, 15) is 13.2 Å². The third-order valence-electron chi connectivity index (χ3n) is 4.52. The van der Waals surface area contributed by atoms with Gasteiger partial charge in [0.2, 0.25) is 10.0 Å². The highest BCUT2D eigenvalue weighted by Crippen LogP contribution is 2.23. The van der Waals surface area contributed by atoms with Gasteiger partial charge >= 0.3 is 0 Å². The van der Waals surface area contributed by atoms with Gasteiger partial charge in [-0.1, -0.05) is 26.0 Å². The molecule has 1 atom stereocenters. The van der Waals surface area contributed by atoms with E-state index < -0.39 is 15.6 Å². The number of hydrogen-bond acceptors (Lipinski definition) is 4. The number of carbonyl (C=O) groups is 1. The Bertz CT molecular complexity index is 1110. The van der Waals surface area contributed by atoms with Gasteiger partial charge in [-0.25, -0.2) is 18.1 Å². The molecule has 1 unspecified atom stereocenters. The average Bonchev–Trinajstić information content (AvgIpc) is 3.07. The summed E-state index contributed by atoms with van der Waals surface area (Å²) in [5, 5.41) is 3.01. The lowest BCUT2D eigenvalue weighted by Crippen LogP contribution is -2.40. The fourth-order valence-corrected chi connectivity index (χ4v) is 4.56. The molecule has 3 rings (SSSR count). The first-order valence-corrected chi connectivity index (χ1v) is 11.3. The predicted octanol–water partition coefficient (Wildman–Crippen LogP) is 3.77. The maximum atomic E-state index is 12.8. The average molecular weight is 429 g/mol. The lowest BCUT2D eigenvalue weighted by molar-refractivity contribution is 0.0923. The number of amides is 1. The molecule has 0 aliphatic carbocycles. The summed E-state index contributed by atoms with van der Waals surface area (Å²) in [5.41, 5.74) is 1.54. The Morgan fingerprint density at radius 2 is 1.67 bits per heavy atom. The van der Waals surface area contributed by atoms with Gasteiger partial charge in [0.15, 0.2) is 0 Å². The molecule has 3 N–H and O–H groups in total. The van der Waals surface area contributed by atoms with Crippen LogP contribution in [-0.4, -0.2) is 29.8 Å². The van der Waals surface area contributed by atoms with E-state index in [0.29, 0.717) is 11.4 Å². The second-order valence-corrected chi connectivity index (χ2v) is 10.4. The standard InChI is InChI=1S/C22H28N4O3S/c1-14(2)19(20-23-17-8-6-7-9-18(17)24-20)25-21(27)15-10-12-16(13-11-15)30(28,29)26-22(3,4)5/h6-14,19,26H,1-5H3,(H,23,24)(H,25,27). The van der Waals surface area contributed by atoms with Crippen LogP contribution in [0, 0.1) is 5.92 Å². The molecule has 0 saturated carbocycles. The number of carbonyl (C=O) groups excluding carboxylic acids is 1. The zero-order valence-electron chi connectivity index (χ0n) is 17.9. The van der Waals surface area contributed by atoms with Gasteiger partial charge in [0.1, 0.15) is 5.82 Å². The fraction of sp³-hybridized carbons (Fsp3) is 0.364. The number of sulfonamides is 1. The first kappa shape index (κ1) is 22.0. The van der Waals surface area contributed by atoms with Crippen LogP contribution in [0.4, 0.5) is 0 Å². The molecule has 0 fully saturated rings. The Labute approximate surface area is 177 Å². The Morgan fingerprint density at radius 3 is 2.23 bits per heavy atom. The van der Waals surface area contributed by atoms with Crippen LogP contribution in [0.3, 0.4) is 0 Å². The van der Waals surface area contributed by atoms with Gasteiger partial charge in [-0.2, -0.15) is 0 Å². The number of nitrogens with zero attached hydrogens (tertiary/aromatic N) is 1. The van der Waals surface area contributed by atoms with Crippen molar-refractivity contribution in [3.05, 3.63) is 59.9 Å². The Hall–Kier alpha value is -2.71. The molecule has 1 amide bonds. The monoisotopic (exact) mass is 428 g/mol. The number of nitrogens with one attached hydrogen (secondary N) is 3. The highest BCUT2D eigenvalue weighted by molar-refractivity contribution is 7.89. The normalized spacial score (nSPS) is 13.5. The second-order valence-electron chi connectivity index (χ2n) is 8.71. The number of benzene rings is 2. The Kier molecular flexibility index (Phi) is 6.01. The first-order valence-electron chi connectivity index (χ1n) is 9.86. The molecule has 160 valence electrons. The number of aromatic amines is 1. The maximum absolute atomic E-state index is 12.8. The predicted molar refractivity (Wildman–Crippen MR) is 118 cm³/mol. The lowest BCUT2D eigenvalue weighted by Gasteiger charge is -2.21. The van der Waals surface area contributed by atoms with Crippen molar-refractivity contribution in [3.8, 4) is 0 Å². The van der Waals surface area contributed by atoms with Crippen LogP contribution in [0.25, 0.3) is 11.0 Å². The molecule has 30 heavy (non-hydrogen) atoms. The minimum absolute atomic E-state index is 0.102. The summed E-state index contributed by atoms with van der Waals surface area (Å²) >= 11 is 0. The smallest absolute Gasteiger partial charge is 0.251 e. The first-order chi connectivity index (χ1) is 14.0. The SMILES string of the molecule is CC(C)C(NC(=O)c1ccc(S(=O)(=O)NC(C)(C)C)cc1)c1nc2ccccc2[nH]1. The van der Waals surface area contributed by atoms with Gasteiger partial charge in [-0.05, 0) is 63.1 Å². The zero-order chi connectivity index (χ0) is 22.1. The molecule has 2 aromatic carbocycles. The maximum Gasteiger partial charge on any atom is 0.251 e. The van der Waals surface area contributed by atoms with Crippen LogP contribution in [-0.2, 0) is 10.0 Å². The molecular formula is C22H28N4O3S. The quantitative estimate of drug-likeness (QED) is 0.556. The molecule has 3 aromatic rings. The summed E-state index contributed by atoms with van der Waals surface area (Å²) < 4.78 is 27.5. The highest BCUT2D eigenvalue weighted by Gasteiger charge is 2.24. The van der Waals surface area contributed by atoms with E-state index in [1.165, 1.54) is 24.3 Å². The summed E-state index contributed by atoms with van der Waals surface area (Å²) in [6.07, 6.45) is 0. The summed E-state index contributed by atoms with van der Waals surface area (Å²) in [5.74, 6) is 0.500. The van der Waals surface area contributed by atoms with E-state index in [2.05, 4.69) is 20.0 Å². The van der Waals surface area contributed by atoms with Crippen LogP contribution in [0.15, 0.2) is 53.4 Å². The minimum atomic E-state index is -3.65. The van der Waals surface area contributed by atoms with E-state index in [-0.39, 0.29) is 22.8 Å². The number of H-pyrrole nitrogens is 1. The molecule has 7 nitrogen and oxygen atoms in total. The number of fused-ring (bicyclic) bond motifs is 1. The zero-order valence-corrected chi connectivity index (χ0v) is 18.7. The molecule has 0 bridgehead atoms. The van der Waals surface area contributed by atoms with Crippen LogP contribution in [0.5, 0.6) is 0 Å². The largest absolute Gasteiger partial charge is 0.342 e. The molecule has 1 aromatic heterocycles. The van der Waals surface area contributed by atoms with Crippen LogP contribution in [0.1, 0.15) is 56.8 Å². The molecule has 0 spiro atoms. The fourth-order valence-electron chi connectivity index (χ4n) is 3.14. The second kappa shape index (κ2) is 8.20. The molecular weight excluding hydrogens is 400 g/mol. The minimum Gasteiger partial charge on any atom is -0.342 e. The Balaban J connectivity index is 1.80. The van der Waals surface area contributed by atoms with E-state index in [1.54, 1.807) is 20.8 Å². The number of aromatic nitrogens is 2. The molecule has 8 heteroatoms. The summed E-state index contributed by atoms with van der Waals surface area (Å²) in [7, 11) is -3.65. The van der Waals surface area contributed by atoms with E-state index in [4.69, 9.17) is 0 Å². The number of imidazole rings is 1. The molecule has 0 aliphatic rings. The van der Waals surface area contributed by atoms with Crippen molar-refractivity contribution in [2.24, 2.45) is 5.92 Å². The number of hydrogen-bond donors (Lipinski definition) is 3. The molecule has 0 radical (unpaired) electrons. The lowest BCUT2D eigenvalue weighted by atomic mass is 10.0. The van der Waals surface area contributed by atoms with Crippen molar-refractivity contribution in [1.82, 2.24) is 20.0 Å². The van der Waals surface area contributed by atoms with Crippen molar-refractivity contribution in [2.45, 2.75) is 51.1 Å². The van der Waals surface area contributed by atoms with Crippen molar-refractivity contribution < 1.29 is 13.2 Å². The van der Waals surface area contributed by atoms with Gasteiger partial charge in [0.25, 0.3) is 5.91 Å². The van der Waals surface area contributed by atoms with Crippen molar-refractivity contribution in [2.75, 3.05) is 0 Å². The van der Waals surface area contributed by atoms with E-state index >= 15 is 0 Å². The summed E-state index contributed by atoms with van der Waals surface area (Å²) in [4.78, 5) is 20.8. The van der Waals surface area contributed by atoms with Crippen LogP contribution >= 0.6 is 0 Å². The third-order valence-corrected chi connectivity index (χ3v) is 6.30. The van der Waals surface area contributed by atoms with Crippen molar-refractivity contribution >= 4 is 27.0 Å². The van der Waals surface area contributed by atoms with Crippen molar-refractivity contribution in [1.29, 1.82) is 0 Å². The highest BCUT2D eigenvalue weighted by atomic mass is 32.2. The number of rotatable bonds is 6. The third kappa shape index (κ3) is 5.06. The van der Waals surface area contributed by atoms with Gasteiger partial charge < -0.3 is 10.3 Å². The molecule has 0 aliphatic heterocycles. The molecule has 1 heterocycles. The van der Waals surface area contributed by atoms with Gasteiger partial charge in [0, 0.05) is 11.1 Å². The van der Waals surface area contributed by atoms with Crippen molar-refractivity contribution in [3.63, 3.8) is 0 Å². The summed E-state index contributed by atoms with van der Waals surface area (Å²) in [6.45, 7) is 9.33. The van der Waals surface area contributed by atoms with E-state index in [1.807, 2.05) is 38.1 Å². The summed E-state index contributed by atoms with van der Waals surface area (Å²) in [6, 6.07) is 13.3. The molecule has 0 saturated heterocycles. The topological polar surface area (TPSA) is 104 Å². The Morgan fingerprint density at radius 1 is 1.03 bits per heavy atom. The van der Waals surface area contributed by atoms with Crippen LogP contribution in [0.2, 0.25) is 0 Å². The van der Waals surface area contributed by atoms with Crippen LogP contribution < -0.4 is 10.0 Å². The number of para-hydroxylation sites is 2.